The van der Waals surface area contributed by atoms with Crippen molar-refractivity contribution in [1.82, 2.24) is 9.78 Å². The van der Waals surface area contributed by atoms with E-state index in [1.807, 2.05) is 0 Å². The molecule has 138 valence electrons. The van der Waals surface area contributed by atoms with Crippen LogP contribution in [-0.2, 0) is 0 Å². The molecule has 0 aliphatic heterocycles. The van der Waals surface area contributed by atoms with Crippen LogP contribution in [0.3, 0.4) is 0 Å². The number of rotatable bonds is 4. The number of hydrogen-bond acceptors (Lipinski definition) is 4. The van der Waals surface area contributed by atoms with Gasteiger partial charge in [0.05, 0.1) is 16.6 Å². The molecule has 1 heterocycles. The number of carboxylic acid groups (broad SMARTS) is 1. The zero-order chi connectivity index (χ0) is 19.8. The summed E-state index contributed by atoms with van der Waals surface area (Å²) in [6.45, 7) is 3.61. The van der Waals surface area contributed by atoms with Crippen LogP contribution in [0.5, 0.6) is 5.75 Å². The van der Waals surface area contributed by atoms with Gasteiger partial charge in [-0.25, -0.2) is 9.48 Å². The molecule has 0 aliphatic rings. The van der Waals surface area contributed by atoms with E-state index in [-0.39, 0.29) is 16.6 Å². The van der Waals surface area contributed by atoms with Gasteiger partial charge >= 0.3 is 12.3 Å². The average Bonchev–Trinajstić information content (AvgIpc) is 2.61. The molecule has 0 radical (unpaired) electrons. The Balaban J connectivity index is 2.25. The van der Waals surface area contributed by atoms with Crippen molar-refractivity contribution in [2.24, 2.45) is 0 Å². The minimum absolute atomic E-state index is 0.0931. The highest BCUT2D eigenvalue weighted by molar-refractivity contribution is 5.94. The SMILES string of the molecule is C=Cc1cccc2c1c(=O)c(C(=O)O)nn2-c1ccc(OC(F)(F)F)cc1. The molecule has 0 amide bonds. The second-order valence-electron chi connectivity index (χ2n) is 5.38. The van der Waals surface area contributed by atoms with Gasteiger partial charge in [0.15, 0.2) is 0 Å². The van der Waals surface area contributed by atoms with Crippen molar-refractivity contribution in [3.05, 3.63) is 70.5 Å². The van der Waals surface area contributed by atoms with Gasteiger partial charge in [0.25, 0.3) is 0 Å². The number of halogens is 3. The summed E-state index contributed by atoms with van der Waals surface area (Å²) in [7, 11) is 0. The molecule has 1 N–H and O–H groups in total. The second kappa shape index (κ2) is 6.60. The summed E-state index contributed by atoms with van der Waals surface area (Å²) in [6.07, 6.45) is -3.43. The fourth-order valence-electron chi connectivity index (χ4n) is 2.59. The van der Waals surface area contributed by atoms with Crippen LogP contribution >= 0.6 is 0 Å². The number of benzene rings is 2. The van der Waals surface area contributed by atoms with Crippen LogP contribution in [0.15, 0.2) is 53.8 Å². The minimum atomic E-state index is -4.83. The van der Waals surface area contributed by atoms with Gasteiger partial charge in [-0.05, 0) is 35.9 Å². The molecule has 0 spiro atoms. The first-order chi connectivity index (χ1) is 12.7. The monoisotopic (exact) mass is 376 g/mol. The molecule has 3 aromatic rings. The minimum Gasteiger partial charge on any atom is -0.476 e. The summed E-state index contributed by atoms with van der Waals surface area (Å²) in [6, 6.07) is 9.42. The molecular formula is C18H11F3N2O4. The van der Waals surface area contributed by atoms with Crippen LogP contribution in [-0.4, -0.2) is 27.2 Å². The smallest absolute Gasteiger partial charge is 0.476 e. The lowest BCUT2D eigenvalue weighted by molar-refractivity contribution is -0.274. The third kappa shape index (κ3) is 3.52. The summed E-state index contributed by atoms with van der Waals surface area (Å²) in [5.41, 5.74) is -0.549. The van der Waals surface area contributed by atoms with E-state index in [2.05, 4.69) is 16.4 Å². The molecule has 6 nitrogen and oxygen atoms in total. The van der Waals surface area contributed by atoms with Gasteiger partial charge in [-0.15, -0.1) is 13.2 Å². The first-order valence-corrected chi connectivity index (χ1v) is 7.49. The highest BCUT2D eigenvalue weighted by Gasteiger charge is 2.31. The van der Waals surface area contributed by atoms with Gasteiger partial charge in [0.2, 0.25) is 11.1 Å². The van der Waals surface area contributed by atoms with Crippen LogP contribution in [0.4, 0.5) is 13.2 Å². The molecule has 1 aromatic heterocycles. The standard InChI is InChI=1S/C18H11F3N2O4/c1-2-10-4-3-5-13-14(10)16(24)15(17(25)26)22-23(13)11-6-8-12(9-7-11)27-18(19,20)21/h2-9H,1H2,(H,25,26). The van der Waals surface area contributed by atoms with Crippen molar-refractivity contribution in [1.29, 1.82) is 0 Å². The molecule has 2 aromatic carbocycles. The quantitative estimate of drug-likeness (QED) is 0.752. The Morgan fingerprint density at radius 1 is 1.19 bits per heavy atom. The van der Waals surface area contributed by atoms with Gasteiger partial charge in [0, 0.05) is 0 Å². The molecule has 3 rings (SSSR count). The lowest BCUT2D eigenvalue weighted by Gasteiger charge is -2.13. The predicted molar refractivity (Wildman–Crippen MR) is 91.1 cm³/mol. The summed E-state index contributed by atoms with van der Waals surface area (Å²) in [5, 5.41) is 13.2. The zero-order valence-corrected chi connectivity index (χ0v) is 13.5. The first kappa shape index (κ1) is 18.2. The third-order valence-electron chi connectivity index (χ3n) is 3.68. The topological polar surface area (TPSA) is 81.4 Å². The fraction of sp³-hybridized carbons (Fsp3) is 0.0556. The van der Waals surface area contributed by atoms with E-state index in [1.165, 1.54) is 22.9 Å². The maximum Gasteiger partial charge on any atom is 0.573 e. The molecule has 27 heavy (non-hydrogen) atoms. The van der Waals surface area contributed by atoms with Gasteiger partial charge in [-0.2, -0.15) is 5.10 Å². The van der Waals surface area contributed by atoms with Crippen LogP contribution in [0, 0.1) is 0 Å². The molecule has 0 unspecified atom stereocenters. The predicted octanol–water partition coefficient (Wildman–Crippen LogP) is 3.63. The number of alkyl halides is 3. The highest BCUT2D eigenvalue weighted by Crippen LogP contribution is 2.25. The normalized spacial score (nSPS) is 11.4. The van der Waals surface area contributed by atoms with E-state index < -0.39 is 29.2 Å². The molecular weight excluding hydrogens is 365 g/mol. The number of aromatic nitrogens is 2. The molecule has 9 heteroatoms. The second-order valence-corrected chi connectivity index (χ2v) is 5.38. The first-order valence-electron chi connectivity index (χ1n) is 7.49. The maximum atomic E-state index is 12.5. The molecule has 0 bridgehead atoms. The Morgan fingerprint density at radius 3 is 2.41 bits per heavy atom. The number of ether oxygens (including phenoxy) is 1. The Hall–Kier alpha value is -3.62. The van der Waals surface area contributed by atoms with Gasteiger partial charge in [0.1, 0.15) is 5.75 Å². The number of hydrogen-bond donors (Lipinski definition) is 1. The van der Waals surface area contributed by atoms with Gasteiger partial charge < -0.3 is 9.84 Å². The van der Waals surface area contributed by atoms with E-state index in [0.29, 0.717) is 5.56 Å². The van der Waals surface area contributed by atoms with Crippen molar-refractivity contribution >= 4 is 22.9 Å². The molecule has 0 saturated heterocycles. The summed E-state index contributed by atoms with van der Waals surface area (Å²) in [5.74, 6) is -1.96. The fourth-order valence-corrected chi connectivity index (χ4v) is 2.59. The largest absolute Gasteiger partial charge is 0.573 e. The van der Waals surface area contributed by atoms with E-state index in [0.717, 1.165) is 12.1 Å². The number of aromatic carboxylic acids is 1. The summed E-state index contributed by atoms with van der Waals surface area (Å²) >= 11 is 0. The highest BCUT2D eigenvalue weighted by atomic mass is 19.4. The number of fused-ring (bicyclic) bond motifs is 1. The molecule has 0 fully saturated rings. The van der Waals surface area contributed by atoms with E-state index in [9.17, 15) is 27.9 Å². The van der Waals surface area contributed by atoms with Crippen LogP contribution in [0.2, 0.25) is 0 Å². The summed E-state index contributed by atoms with van der Waals surface area (Å²) < 4.78 is 41.9. The maximum absolute atomic E-state index is 12.5. The van der Waals surface area contributed by atoms with Gasteiger partial charge in [-0.3, -0.25) is 4.79 Å². The van der Waals surface area contributed by atoms with Crippen LogP contribution in [0.25, 0.3) is 22.7 Å². The van der Waals surface area contributed by atoms with Crippen molar-refractivity contribution in [2.45, 2.75) is 6.36 Å². The van der Waals surface area contributed by atoms with Crippen LogP contribution < -0.4 is 10.2 Å². The third-order valence-corrected chi connectivity index (χ3v) is 3.68. The van der Waals surface area contributed by atoms with Gasteiger partial charge in [-0.1, -0.05) is 24.8 Å². The number of nitrogens with zero attached hydrogens (tertiary/aromatic N) is 2. The van der Waals surface area contributed by atoms with Crippen LogP contribution in [0.1, 0.15) is 16.1 Å². The van der Waals surface area contributed by atoms with E-state index >= 15 is 0 Å². The van der Waals surface area contributed by atoms with Crippen molar-refractivity contribution in [2.75, 3.05) is 0 Å². The average molecular weight is 376 g/mol. The molecule has 0 atom stereocenters. The van der Waals surface area contributed by atoms with Crippen molar-refractivity contribution in [3.63, 3.8) is 0 Å². The Bertz CT molecular complexity index is 1100. The molecule has 0 aliphatic carbocycles. The Morgan fingerprint density at radius 2 is 1.85 bits per heavy atom. The van der Waals surface area contributed by atoms with Crippen molar-refractivity contribution < 1.29 is 27.8 Å². The van der Waals surface area contributed by atoms with E-state index in [4.69, 9.17) is 0 Å². The zero-order valence-electron chi connectivity index (χ0n) is 13.5. The summed E-state index contributed by atoms with van der Waals surface area (Å²) in [4.78, 5) is 23.9. The lowest BCUT2D eigenvalue weighted by atomic mass is 10.1. The lowest BCUT2D eigenvalue weighted by Crippen LogP contribution is -2.23. The Labute approximate surface area is 149 Å². The number of carbonyl (C=O) groups is 1. The van der Waals surface area contributed by atoms with E-state index in [1.54, 1.807) is 18.2 Å². The Kier molecular flexibility index (Phi) is 4.44. The number of carboxylic acids is 1. The van der Waals surface area contributed by atoms with Crippen molar-refractivity contribution in [3.8, 4) is 11.4 Å². The molecule has 0 saturated carbocycles.